The third kappa shape index (κ3) is 3.15. The van der Waals surface area contributed by atoms with Crippen LogP contribution in [-0.2, 0) is 30.1 Å². The molecule has 0 aliphatic heterocycles. The molecular formula is C17H23N3O. The van der Waals surface area contributed by atoms with Gasteiger partial charge in [0, 0.05) is 30.3 Å². The van der Waals surface area contributed by atoms with Gasteiger partial charge in [-0.1, -0.05) is 19.1 Å². The van der Waals surface area contributed by atoms with E-state index in [1.54, 1.807) is 4.68 Å². The van der Waals surface area contributed by atoms with Crippen LogP contribution in [0.2, 0.25) is 0 Å². The van der Waals surface area contributed by atoms with Gasteiger partial charge in [-0.25, -0.2) is 0 Å². The predicted molar refractivity (Wildman–Crippen MR) is 85.2 cm³/mol. The Morgan fingerprint density at radius 2 is 1.90 bits per heavy atom. The maximum absolute atomic E-state index is 12.7. The first kappa shape index (κ1) is 15.3. The summed E-state index contributed by atoms with van der Waals surface area (Å²) in [5, 5.41) is 4.40. The number of nitrogens with two attached hydrogens (primary N) is 1. The van der Waals surface area contributed by atoms with Gasteiger partial charge in [-0.05, 0) is 44.0 Å². The Kier molecular flexibility index (Phi) is 4.16. The first-order valence-electron chi connectivity index (χ1n) is 7.25. The molecule has 4 heteroatoms. The molecular weight excluding hydrogens is 262 g/mol. The average molecular weight is 285 g/mol. The number of aromatic nitrogens is 2. The topological polar surface area (TPSA) is 60.9 Å². The van der Waals surface area contributed by atoms with Gasteiger partial charge in [-0.3, -0.25) is 9.48 Å². The summed E-state index contributed by atoms with van der Waals surface area (Å²) in [7, 11) is 1.89. The fourth-order valence-corrected chi connectivity index (χ4v) is 2.36. The molecule has 1 aromatic carbocycles. The number of nitrogens with zero attached hydrogens (tertiary/aromatic N) is 2. The minimum atomic E-state index is -0.537. The summed E-state index contributed by atoms with van der Waals surface area (Å²) in [6, 6.07) is 9.53. The molecule has 4 nitrogen and oxygen atoms in total. The highest BCUT2D eigenvalue weighted by molar-refractivity contribution is 5.90. The van der Waals surface area contributed by atoms with Crippen LogP contribution in [-0.4, -0.2) is 15.6 Å². The number of benzene rings is 1. The summed E-state index contributed by atoms with van der Waals surface area (Å²) in [6.07, 6.45) is 1.27. The largest absolute Gasteiger partial charge is 0.399 e. The highest BCUT2D eigenvalue weighted by Gasteiger charge is 2.30. The molecule has 0 unspecified atom stereocenters. The van der Waals surface area contributed by atoms with Gasteiger partial charge in [0.15, 0.2) is 0 Å². The molecule has 0 atom stereocenters. The Bertz CT molecular complexity index is 639. The van der Waals surface area contributed by atoms with Crippen molar-refractivity contribution in [2.24, 2.45) is 7.05 Å². The summed E-state index contributed by atoms with van der Waals surface area (Å²) in [6.45, 7) is 5.97. The third-order valence-corrected chi connectivity index (χ3v) is 4.06. The van der Waals surface area contributed by atoms with Gasteiger partial charge in [-0.2, -0.15) is 5.10 Å². The second kappa shape index (κ2) is 5.72. The second-order valence-electron chi connectivity index (χ2n) is 5.95. The van der Waals surface area contributed by atoms with Crippen molar-refractivity contribution >= 4 is 11.5 Å². The van der Waals surface area contributed by atoms with Gasteiger partial charge in [0.25, 0.3) is 0 Å². The van der Waals surface area contributed by atoms with Gasteiger partial charge in [0.05, 0.1) is 5.69 Å². The number of carbonyl (C=O) groups excluding carboxylic acids is 1. The van der Waals surface area contributed by atoms with E-state index in [9.17, 15) is 4.79 Å². The Balaban J connectivity index is 2.21. The number of ketones is 1. The fourth-order valence-electron chi connectivity index (χ4n) is 2.36. The molecule has 0 fully saturated rings. The summed E-state index contributed by atoms with van der Waals surface area (Å²) < 4.78 is 1.80. The minimum Gasteiger partial charge on any atom is -0.399 e. The molecule has 0 bridgehead atoms. The molecule has 2 N–H and O–H groups in total. The maximum atomic E-state index is 12.7. The number of hydrogen-bond donors (Lipinski definition) is 1. The molecule has 0 amide bonds. The van der Waals surface area contributed by atoms with Crippen LogP contribution in [0.25, 0.3) is 0 Å². The summed E-state index contributed by atoms with van der Waals surface area (Å²) in [5.74, 6) is 0.179. The molecule has 0 saturated carbocycles. The van der Waals surface area contributed by atoms with Crippen molar-refractivity contribution in [2.75, 3.05) is 5.73 Å². The van der Waals surface area contributed by atoms with Crippen LogP contribution in [0.4, 0.5) is 5.69 Å². The van der Waals surface area contributed by atoms with E-state index in [-0.39, 0.29) is 5.78 Å². The van der Waals surface area contributed by atoms with Crippen LogP contribution in [0.15, 0.2) is 30.3 Å². The molecule has 0 saturated heterocycles. The summed E-state index contributed by atoms with van der Waals surface area (Å²) in [5.41, 5.74) is 8.85. The van der Waals surface area contributed by atoms with E-state index in [0.29, 0.717) is 12.1 Å². The normalized spacial score (nSPS) is 11.6. The van der Waals surface area contributed by atoms with Crippen molar-refractivity contribution in [3.63, 3.8) is 0 Å². The number of nitrogen functional groups attached to an aromatic ring is 1. The van der Waals surface area contributed by atoms with Crippen molar-refractivity contribution in [3.8, 4) is 0 Å². The first-order chi connectivity index (χ1) is 9.84. The van der Waals surface area contributed by atoms with Crippen molar-refractivity contribution in [3.05, 3.63) is 47.3 Å². The Hall–Kier alpha value is -2.10. The Morgan fingerprint density at radius 3 is 2.43 bits per heavy atom. The predicted octanol–water partition coefficient (Wildman–Crippen LogP) is 2.65. The van der Waals surface area contributed by atoms with E-state index < -0.39 is 5.41 Å². The molecule has 2 rings (SSSR count). The van der Waals surface area contributed by atoms with E-state index in [4.69, 9.17) is 5.73 Å². The van der Waals surface area contributed by atoms with Crippen molar-refractivity contribution in [1.29, 1.82) is 0 Å². The average Bonchev–Trinajstić information content (AvgIpc) is 2.80. The van der Waals surface area contributed by atoms with Crippen molar-refractivity contribution in [1.82, 2.24) is 9.78 Å². The monoisotopic (exact) mass is 285 g/mol. The van der Waals surface area contributed by atoms with E-state index in [1.165, 1.54) is 0 Å². The zero-order valence-corrected chi connectivity index (χ0v) is 13.2. The summed E-state index contributed by atoms with van der Waals surface area (Å²) >= 11 is 0. The lowest BCUT2D eigenvalue weighted by atomic mass is 9.79. The lowest BCUT2D eigenvalue weighted by Gasteiger charge is -2.24. The van der Waals surface area contributed by atoms with Crippen LogP contribution in [0.3, 0.4) is 0 Å². The van der Waals surface area contributed by atoms with Crippen LogP contribution >= 0.6 is 0 Å². The fraction of sp³-hybridized carbons (Fsp3) is 0.412. The van der Waals surface area contributed by atoms with Crippen LogP contribution in [0, 0.1) is 0 Å². The molecule has 0 aliphatic carbocycles. The SMILES string of the molecule is CCc1cc(CC(=O)C(C)(C)c2ccc(N)cc2)n(C)n1. The molecule has 0 spiro atoms. The van der Waals surface area contributed by atoms with Gasteiger partial charge in [0.1, 0.15) is 5.78 Å². The van der Waals surface area contributed by atoms with Crippen molar-refractivity contribution in [2.45, 2.75) is 39.0 Å². The van der Waals surface area contributed by atoms with Crippen LogP contribution < -0.4 is 5.73 Å². The van der Waals surface area contributed by atoms with Gasteiger partial charge in [-0.15, -0.1) is 0 Å². The zero-order chi connectivity index (χ0) is 15.6. The van der Waals surface area contributed by atoms with Gasteiger partial charge < -0.3 is 5.73 Å². The molecule has 0 radical (unpaired) electrons. The quantitative estimate of drug-likeness (QED) is 0.859. The van der Waals surface area contributed by atoms with Gasteiger partial charge >= 0.3 is 0 Å². The third-order valence-electron chi connectivity index (χ3n) is 4.06. The maximum Gasteiger partial charge on any atom is 0.148 e. The summed E-state index contributed by atoms with van der Waals surface area (Å²) in [4.78, 5) is 12.7. The smallest absolute Gasteiger partial charge is 0.148 e. The van der Waals surface area contributed by atoms with E-state index in [2.05, 4.69) is 12.0 Å². The molecule has 2 aromatic rings. The molecule has 1 aromatic heterocycles. The van der Waals surface area contributed by atoms with E-state index >= 15 is 0 Å². The zero-order valence-electron chi connectivity index (χ0n) is 13.2. The molecule has 21 heavy (non-hydrogen) atoms. The highest BCUT2D eigenvalue weighted by Crippen LogP contribution is 2.26. The van der Waals surface area contributed by atoms with Crippen LogP contribution in [0.5, 0.6) is 0 Å². The number of anilines is 1. The van der Waals surface area contributed by atoms with E-state index in [0.717, 1.165) is 23.4 Å². The first-order valence-corrected chi connectivity index (χ1v) is 7.25. The second-order valence-corrected chi connectivity index (χ2v) is 5.95. The number of carbonyl (C=O) groups is 1. The number of aryl methyl sites for hydroxylation is 2. The minimum absolute atomic E-state index is 0.179. The van der Waals surface area contributed by atoms with Crippen LogP contribution in [0.1, 0.15) is 37.7 Å². The van der Waals surface area contributed by atoms with E-state index in [1.807, 2.05) is 51.2 Å². The molecule has 0 aliphatic rings. The number of hydrogen-bond acceptors (Lipinski definition) is 3. The van der Waals surface area contributed by atoms with Crippen molar-refractivity contribution < 1.29 is 4.79 Å². The number of Topliss-reactive ketones (excluding diaryl/α,β-unsaturated/α-hetero) is 1. The lowest BCUT2D eigenvalue weighted by molar-refractivity contribution is -0.122. The highest BCUT2D eigenvalue weighted by atomic mass is 16.1. The lowest BCUT2D eigenvalue weighted by Crippen LogP contribution is -2.31. The Labute approximate surface area is 126 Å². The number of rotatable bonds is 5. The van der Waals surface area contributed by atoms with Gasteiger partial charge in [0.2, 0.25) is 0 Å². The Morgan fingerprint density at radius 1 is 1.29 bits per heavy atom. The standard InChI is InChI=1S/C17H23N3O/c1-5-14-10-15(20(4)19-14)11-16(21)17(2,3)12-6-8-13(18)9-7-12/h6-10H,5,11,18H2,1-4H3. The molecule has 1 heterocycles. The molecule has 112 valence electrons.